The Morgan fingerprint density at radius 1 is 1.10 bits per heavy atom. The van der Waals surface area contributed by atoms with Crippen LogP contribution in [0.2, 0.25) is 0 Å². The summed E-state index contributed by atoms with van der Waals surface area (Å²) in [6, 6.07) is 7.82. The molecule has 0 radical (unpaired) electrons. The van der Waals surface area contributed by atoms with Gasteiger partial charge in [-0.2, -0.15) is 0 Å². The monoisotopic (exact) mass is 269 g/mol. The number of pyridine rings is 1. The zero-order valence-corrected chi connectivity index (χ0v) is 11.5. The molecular weight excluding hydrogens is 250 g/mol. The molecule has 0 amide bonds. The fourth-order valence-corrected chi connectivity index (χ4v) is 3.81. The standard InChI is InChI=1S/C17H19NO2/c19-17-13-8-4-3-7-12(13)14-10-20-16(9-15(14)18-17)11-5-1-2-6-11/h3-4,7-8,11,16H,1-2,5-6,9-10H2,(H,18,19)/t16-/m1/s1. The number of nitrogens with one attached hydrogen (secondary N) is 1. The van der Waals surface area contributed by atoms with E-state index in [1.165, 1.54) is 31.2 Å². The maximum atomic E-state index is 12.2. The first kappa shape index (κ1) is 12.2. The minimum Gasteiger partial charge on any atom is -0.373 e. The number of rotatable bonds is 1. The van der Waals surface area contributed by atoms with Crippen LogP contribution in [0.4, 0.5) is 0 Å². The van der Waals surface area contributed by atoms with Crippen LogP contribution in [0.25, 0.3) is 10.8 Å². The third-order valence-electron chi connectivity index (χ3n) is 4.90. The van der Waals surface area contributed by atoms with Gasteiger partial charge in [0.1, 0.15) is 0 Å². The molecule has 0 spiro atoms. The van der Waals surface area contributed by atoms with Gasteiger partial charge in [-0.3, -0.25) is 4.79 Å². The highest BCUT2D eigenvalue weighted by molar-refractivity contribution is 5.85. The molecule has 1 saturated carbocycles. The Bertz CT molecular complexity index is 698. The molecule has 1 aliphatic carbocycles. The molecule has 1 aromatic heterocycles. The summed E-state index contributed by atoms with van der Waals surface area (Å²) in [4.78, 5) is 15.3. The Morgan fingerprint density at radius 3 is 2.65 bits per heavy atom. The Morgan fingerprint density at radius 2 is 1.85 bits per heavy atom. The highest BCUT2D eigenvalue weighted by Gasteiger charge is 2.30. The molecule has 2 aromatic rings. The largest absolute Gasteiger partial charge is 0.373 e. The van der Waals surface area contributed by atoms with Crippen molar-refractivity contribution in [2.45, 2.75) is 44.8 Å². The van der Waals surface area contributed by atoms with E-state index >= 15 is 0 Å². The van der Waals surface area contributed by atoms with E-state index in [1.807, 2.05) is 24.3 Å². The molecule has 3 heteroatoms. The topological polar surface area (TPSA) is 42.1 Å². The van der Waals surface area contributed by atoms with Crippen LogP contribution in [0, 0.1) is 5.92 Å². The number of fused-ring (bicyclic) bond motifs is 3. The zero-order chi connectivity index (χ0) is 13.5. The predicted octanol–water partition coefficient (Wildman–Crippen LogP) is 3.16. The van der Waals surface area contributed by atoms with Crippen molar-refractivity contribution in [3.63, 3.8) is 0 Å². The number of aromatic amines is 1. The lowest BCUT2D eigenvalue weighted by Gasteiger charge is -2.30. The van der Waals surface area contributed by atoms with Crippen LogP contribution in [0.1, 0.15) is 36.9 Å². The van der Waals surface area contributed by atoms with E-state index in [0.717, 1.165) is 22.9 Å². The number of benzene rings is 1. The molecule has 3 nitrogen and oxygen atoms in total. The summed E-state index contributed by atoms with van der Waals surface area (Å²) in [5, 5.41) is 1.82. The molecule has 1 atom stereocenters. The maximum absolute atomic E-state index is 12.2. The molecule has 1 aromatic carbocycles. The van der Waals surface area contributed by atoms with Gasteiger partial charge in [0.25, 0.3) is 5.56 Å². The van der Waals surface area contributed by atoms with Gasteiger partial charge >= 0.3 is 0 Å². The third-order valence-corrected chi connectivity index (χ3v) is 4.90. The summed E-state index contributed by atoms with van der Waals surface area (Å²) in [5.41, 5.74) is 2.30. The predicted molar refractivity (Wildman–Crippen MR) is 78.8 cm³/mol. The van der Waals surface area contributed by atoms with Gasteiger partial charge in [0.15, 0.2) is 0 Å². The van der Waals surface area contributed by atoms with E-state index in [1.54, 1.807) is 0 Å². The normalized spacial score (nSPS) is 23.1. The van der Waals surface area contributed by atoms with Crippen molar-refractivity contribution in [3.8, 4) is 0 Å². The fraction of sp³-hybridized carbons (Fsp3) is 0.471. The third kappa shape index (κ3) is 1.88. The molecule has 0 saturated heterocycles. The molecule has 104 valence electrons. The van der Waals surface area contributed by atoms with E-state index in [4.69, 9.17) is 4.74 Å². The molecule has 2 heterocycles. The number of hydrogen-bond donors (Lipinski definition) is 1. The van der Waals surface area contributed by atoms with Crippen LogP contribution in [-0.4, -0.2) is 11.1 Å². The summed E-state index contributed by atoms with van der Waals surface area (Å²) < 4.78 is 6.11. The lowest BCUT2D eigenvalue weighted by molar-refractivity contribution is -0.00866. The van der Waals surface area contributed by atoms with E-state index in [-0.39, 0.29) is 5.56 Å². The molecule has 0 unspecified atom stereocenters. The second-order valence-corrected chi connectivity index (χ2v) is 6.05. The first-order chi connectivity index (χ1) is 9.83. The minimum absolute atomic E-state index is 0.0337. The van der Waals surface area contributed by atoms with Gasteiger partial charge in [0.2, 0.25) is 0 Å². The van der Waals surface area contributed by atoms with E-state index in [2.05, 4.69) is 4.98 Å². The zero-order valence-electron chi connectivity index (χ0n) is 11.5. The van der Waals surface area contributed by atoms with E-state index < -0.39 is 0 Å². The van der Waals surface area contributed by atoms with Crippen LogP contribution < -0.4 is 5.56 Å². The van der Waals surface area contributed by atoms with Crippen molar-refractivity contribution in [2.24, 2.45) is 5.92 Å². The summed E-state index contributed by atoms with van der Waals surface area (Å²) in [7, 11) is 0. The van der Waals surface area contributed by atoms with Crippen LogP contribution >= 0.6 is 0 Å². The first-order valence-corrected chi connectivity index (χ1v) is 7.57. The van der Waals surface area contributed by atoms with Crippen molar-refractivity contribution in [2.75, 3.05) is 0 Å². The molecule has 2 aliphatic rings. The summed E-state index contributed by atoms with van der Waals surface area (Å²) in [6.45, 7) is 0.633. The van der Waals surface area contributed by atoms with Gasteiger partial charge in [0.05, 0.1) is 12.7 Å². The molecule has 1 aliphatic heterocycles. The molecular formula is C17H19NO2. The Hall–Kier alpha value is -1.61. The van der Waals surface area contributed by atoms with Gasteiger partial charge in [0, 0.05) is 23.1 Å². The molecule has 4 rings (SSSR count). The van der Waals surface area contributed by atoms with Gasteiger partial charge in [-0.25, -0.2) is 0 Å². The molecule has 1 N–H and O–H groups in total. The second-order valence-electron chi connectivity index (χ2n) is 6.05. The van der Waals surface area contributed by atoms with E-state index in [0.29, 0.717) is 18.6 Å². The smallest absolute Gasteiger partial charge is 0.256 e. The fourth-order valence-electron chi connectivity index (χ4n) is 3.81. The minimum atomic E-state index is 0.0337. The highest BCUT2D eigenvalue weighted by atomic mass is 16.5. The Balaban J connectivity index is 1.76. The summed E-state index contributed by atoms with van der Waals surface area (Å²) >= 11 is 0. The SMILES string of the molecule is O=c1[nH]c2c(c3ccccc13)CO[C@@H](C1CCCC1)C2. The van der Waals surface area contributed by atoms with Crippen molar-refractivity contribution < 1.29 is 4.74 Å². The van der Waals surface area contributed by atoms with Crippen LogP contribution in [0.5, 0.6) is 0 Å². The first-order valence-electron chi connectivity index (χ1n) is 7.57. The Labute approximate surface area is 118 Å². The van der Waals surface area contributed by atoms with Gasteiger partial charge in [-0.15, -0.1) is 0 Å². The summed E-state index contributed by atoms with van der Waals surface area (Å²) in [5.74, 6) is 0.679. The Kier molecular flexibility index (Phi) is 2.88. The van der Waals surface area contributed by atoms with Crippen LogP contribution in [0.3, 0.4) is 0 Å². The second kappa shape index (κ2) is 4.74. The average molecular weight is 269 g/mol. The number of hydrogen-bond acceptors (Lipinski definition) is 2. The lowest BCUT2D eigenvalue weighted by atomic mass is 9.91. The van der Waals surface area contributed by atoms with Crippen molar-refractivity contribution in [1.29, 1.82) is 0 Å². The highest BCUT2D eigenvalue weighted by Crippen LogP contribution is 2.34. The van der Waals surface area contributed by atoms with Crippen molar-refractivity contribution in [1.82, 2.24) is 4.98 Å². The summed E-state index contributed by atoms with van der Waals surface area (Å²) in [6.07, 6.45) is 6.36. The van der Waals surface area contributed by atoms with Crippen molar-refractivity contribution in [3.05, 3.63) is 45.9 Å². The van der Waals surface area contributed by atoms with Gasteiger partial charge < -0.3 is 9.72 Å². The maximum Gasteiger partial charge on any atom is 0.256 e. The van der Waals surface area contributed by atoms with Crippen LogP contribution in [0.15, 0.2) is 29.1 Å². The number of H-pyrrole nitrogens is 1. The molecule has 0 bridgehead atoms. The molecule has 20 heavy (non-hydrogen) atoms. The van der Waals surface area contributed by atoms with Crippen molar-refractivity contribution >= 4 is 10.8 Å². The number of aromatic nitrogens is 1. The van der Waals surface area contributed by atoms with Crippen LogP contribution in [-0.2, 0) is 17.8 Å². The van der Waals surface area contributed by atoms with Gasteiger partial charge in [-0.1, -0.05) is 31.0 Å². The van der Waals surface area contributed by atoms with Gasteiger partial charge in [-0.05, 0) is 30.2 Å². The average Bonchev–Trinajstić information content (AvgIpc) is 3.01. The molecule has 1 fully saturated rings. The lowest BCUT2D eigenvalue weighted by Crippen LogP contribution is -2.31. The van der Waals surface area contributed by atoms with E-state index in [9.17, 15) is 4.79 Å². The number of ether oxygens (including phenoxy) is 1. The quantitative estimate of drug-likeness (QED) is 0.864.